The predicted octanol–water partition coefficient (Wildman–Crippen LogP) is 3.09. The lowest BCUT2D eigenvalue weighted by Crippen LogP contribution is -2.29. The van der Waals surface area contributed by atoms with Crippen molar-refractivity contribution < 1.29 is 8.78 Å². The van der Waals surface area contributed by atoms with Crippen LogP contribution < -0.4 is 5.73 Å². The van der Waals surface area contributed by atoms with Crippen molar-refractivity contribution in [2.45, 2.75) is 30.0 Å². The average molecular weight is 241 g/mol. The number of halogens is 2. The lowest BCUT2D eigenvalue weighted by atomic mass is 10.1. The van der Waals surface area contributed by atoms with Gasteiger partial charge in [-0.1, -0.05) is 23.6 Å². The average Bonchev–Trinajstić information content (AvgIpc) is 2.14. The minimum Gasteiger partial charge on any atom is -0.316 e. The van der Waals surface area contributed by atoms with E-state index in [1.807, 2.05) is 0 Å². The van der Waals surface area contributed by atoms with Gasteiger partial charge in [0.15, 0.2) is 0 Å². The van der Waals surface area contributed by atoms with Gasteiger partial charge in [0.2, 0.25) is 0 Å². The molecular weight excluding hydrogens is 228 g/mol. The summed E-state index contributed by atoms with van der Waals surface area (Å²) in [5.74, 6) is 3.38. The molecule has 4 heteroatoms. The van der Waals surface area contributed by atoms with Crippen LogP contribution in [0, 0.1) is 11.8 Å². The van der Waals surface area contributed by atoms with E-state index in [2.05, 4.69) is 11.8 Å². The van der Waals surface area contributed by atoms with Crippen molar-refractivity contribution >= 4 is 11.8 Å². The third-order valence-electron chi connectivity index (χ3n) is 1.61. The summed E-state index contributed by atoms with van der Waals surface area (Å²) < 4.78 is 24.1. The highest BCUT2D eigenvalue weighted by Gasteiger charge is 2.05. The van der Waals surface area contributed by atoms with Gasteiger partial charge in [-0.15, -0.1) is 0 Å². The van der Waals surface area contributed by atoms with Crippen molar-refractivity contribution in [2.75, 3.05) is 0 Å². The molecule has 0 aliphatic heterocycles. The molecule has 0 fully saturated rings. The fraction of sp³-hybridized carbons (Fsp3) is 0.333. The number of benzene rings is 1. The van der Waals surface area contributed by atoms with E-state index >= 15 is 0 Å². The second-order valence-electron chi connectivity index (χ2n) is 3.87. The Labute approximate surface area is 98.4 Å². The molecule has 2 N–H and O–H groups in total. The van der Waals surface area contributed by atoms with Gasteiger partial charge in [-0.2, -0.15) is 8.78 Å². The minimum absolute atomic E-state index is 0.525. The molecule has 0 unspecified atom stereocenters. The molecule has 0 atom stereocenters. The third kappa shape index (κ3) is 5.15. The quantitative estimate of drug-likeness (QED) is 0.636. The monoisotopic (exact) mass is 241 g/mol. The topological polar surface area (TPSA) is 26.0 Å². The lowest BCUT2D eigenvalue weighted by Gasteiger charge is -2.07. The maximum absolute atomic E-state index is 12.0. The molecule has 0 heterocycles. The number of alkyl halides is 2. The fourth-order valence-electron chi connectivity index (χ4n) is 0.953. The van der Waals surface area contributed by atoms with Gasteiger partial charge in [-0.05, 0) is 38.1 Å². The minimum atomic E-state index is -2.39. The van der Waals surface area contributed by atoms with Crippen molar-refractivity contribution in [3.05, 3.63) is 29.8 Å². The molecule has 1 rings (SSSR count). The molecule has 0 aliphatic carbocycles. The molecule has 0 saturated heterocycles. The van der Waals surface area contributed by atoms with Crippen molar-refractivity contribution in [3.63, 3.8) is 0 Å². The van der Waals surface area contributed by atoms with E-state index in [0.29, 0.717) is 16.7 Å². The predicted molar refractivity (Wildman–Crippen MR) is 63.4 cm³/mol. The number of nitrogens with two attached hydrogens (primary N) is 1. The van der Waals surface area contributed by atoms with Crippen LogP contribution in [-0.4, -0.2) is 11.3 Å². The van der Waals surface area contributed by atoms with E-state index in [9.17, 15) is 8.78 Å². The van der Waals surface area contributed by atoms with Gasteiger partial charge < -0.3 is 5.73 Å². The Morgan fingerprint density at radius 3 is 2.25 bits per heavy atom. The molecule has 1 aromatic carbocycles. The number of hydrogen-bond donors (Lipinski definition) is 1. The van der Waals surface area contributed by atoms with E-state index in [4.69, 9.17) is 5.73 Å². The van der Waals surface area contributed by atoms with Gasteiger partial charge in [0.05, 0.1) is 5.54 Å². The van der Waals surface area contributed by atoms with E-state index < -0.39 is 11.3 Å². The van der Waals surface area contributed by atoms with Crippen LogP contribution in [0.15, 0.2) is 29.2 Å². The first kappa shape index (κ1) is 13.0. The molecule has 0 bridgehead atoms. The van der Waals surface area contributed by atoms with E-state index in [-0.39, 0.29) is 0 Å². The summed E-state index contributed by atoms with van der Waals surface area (Å²) in [6.07, 6.45) is 0. The third-order valence-corrected chi connectivity index (χ3v) is 2.33. The first-order chi connectivity index (χ1) is 7.37. The fourth-order valence-corrected chi connectivity index (χ4v) is 1.45. The molecule has 1 nitrogen and oxygen atoms in total. The Balaban J connectivity index is 2.75. The summed E-state index contributed by atoms with van der Waals surface area (Å²) in [4.78, 5) is 0.535. The number of rotatable bonds is 2. The van der Waals surface area contributed by atoms with E-state index in [0.717, 1.165) is 5.56 Å². The maximum Gasteiger partial charge on any atom is 0.288 e. The largest absolute Gasteiger partial charge is 0.316 e. The molecule has 0 spiro atoms. The van der Waals surface area contributed by atoms with E-state index in [1.165, 1.54) is 0 Å². The summed E-state index contributed by atoms with van der Waals surface area (Å²) in [7, 11) is 0. The number of thioether (sulfide) groups is 1. The summed E-state index contributed by atoms with van der Waals surface area (Å²) in [5.41, 5.74) is 5.93. The van der Waals surface area contributed by atoms with Crippen LogP contribution in [0.25, 0.3) is 0 Å². The highest BCUT2D eigenvalue weighted by atomic mass is 32.2. The smallest absolute Gasteiger partial charge is 0.288 e. The van der Waals surface area contributed by atoms with Gasteiger partial charge in [0.1, 0.15) is 0 Å². The van der Waals surface area contributed by atoms with Gasteiger partial charge in [-0.3, -0.25) is 0 Å². The molecule has 0 amide bonds. The Kier molecular flexibility index (Phi) is 4.34. The Bertz CT molecular complexity index is 396. The molecular formula is C12H13F2NS. The van der Waals surface area contributed by atoms with Crippen LogP contribution >= 0.6 is 11.8 Å². The van der Waals surface area contributed by atoms with Crippen molar-refractivity contribution in [3.8, 4) is 11.8 Å². The summed E-state index contributed by atoms with van der Waals surface area (Å²) in [6.45, 7) is 3.61. The first-order valence-corrected chi connectivity index (χ1v) is 5.62. The van der Waals surface area contributed by atoms with Crippen LogP contribution in [0.2, 0.25) is 0 Å². The highest BCUT2D eigenvalue weighted by molar-refractivity contribution is 7.99. The highest BCUT2D eigenvalue weighted by Crippen LogP contribution is 2.24. The zero-order valence-corrected chi connectivity index (χ0v) is 9.94. The van der Waals surface area contributed by atoms with Crippen molar-refractivity contribution in [2.24, 2.45) is 5.73 Å². The summed E-state index contributed by atoms with van der Waals surface area (Å²) >= 11 is 0.525. The van der Waals surface area contributed by atoms with Gasteiger partial charge >= 0.3 is 0 Å². The SMILES string of the molecule is CC(C)(N)C#Cc1ccc(SC(F)F)cc1. The number of hydrogen-bond acceptors (Lipinski definition) is 2. The zero-order valence-electron chi connectivity index (χ0n) is 9.13. The summed E-state index contributed by atoms with van der Waals surface area (Å²) in [5, 5.41) is 0. The summed E-state index contributed by atoms with van der Waals surface area (Å²) in [6, 6.07) is 6.68. The molecule has 86 valence electrons. The van der Waals surface area contributed by atoms with Crippen LogP contribution in [0.4, 0.5) is 8.78 Å². The molecule has 1 aromatic rings. The molecule has 0 aromatic heterocycles. The first-order valence-electron chi connectivity index (χ1n) is 4.74. The molecule has 0 saturated carbocycles. The van der Waals surface area contributed by atoms with E-state index in [1.54, 1.807) is 38.1 Å². The Hall–Kier alpha value is -1.05. The van der Waals surface area contributed by atoms with Gasteiger partial charge in [-0.25, -0.2) is 0 Å². The standard InChI is InChI=1S/C12H13F2NS/c1-12(2,15)8-7-9-3-5-10(6-4-9)16-11(13)14/h3-6,11H,15H2,1-2H3. The van der Waals surface area contributed by atoms with Gasteiger partial charge in [0.25, 0.3) is 5.76 Å². The molecule has 0 radical (unpaired) electrons. The maximum atomic E-state index is 12.0. The van der Waals surface area contributed by atoms with Crippen LogP contribution in [0.5, 0.6) is 0 Å². The van der Waals surface area contributed by atoms with Crippen LogP contribution in [-0.2, 0) is 0 Å². The zero-order chi connectivity index (χ0) is 12.2. The Morgan fingerprint density at radius 1 is 1.25 bits per heavy atom. The van der Waals surface area contributed by atoms with Crippen molar-refractivity contribution in [1.29, 1.82) is 0 Å². The second-order valence-corrected chi connectivity index (χ2v) is 4.94. The Morgan fingerprint density at radius 2 is 1.81 bits per heavy atom. The lowest BCUT2D eigenvalue weighted by molar-refractivity contribution is 0.252. The van der Waals surface area contributed by atoms with Crippen LogP contribution in [0.1, 0.15) is 19.4 Å². The van der Waals surface area contributed by atoms with Crippen LogP contribution in [0.3, 0.4) is 0 Å². The second kappa shape index (κ2) is 5.33. The normalized spacial score (nSPS) is 11.1. The van der Waals surface area contributed by atoms with Crippen molar-refractivity contribution in [1.82, 2.24) is 0 Å². The van der Waals surface area contributed by atoms with Gasteiger partial charge in [0, 0.05) is 10.5 Å². The molecule has 16 heavy (non-hydrogen) atoms. The molecule has 0 aliphatic rings.